The number of para-hydroxylation sites is 1. The summed E-state index contributed by atoms with van der Waals surface area (Å²) in [5, 5.41) is 0. The first-order valence-corrected chi connectivity index (χ1v) is 7.19. The largest absolute Gasteiger partial charge is 0.457 e. The van der Waals surface area contributed by atoms with Crippen molar-refractivity contribution < 1.29 is 4.74 Å². The smallest absolute Gasteiger partial charge is 0.132 e. The molecule has 0 spiro atoms. The summed E-state index contributed by atoms with van der Waals surface area (Å²) in [6.45, 7) is 4.12. The third-order valence-corrected chi connectivity index (χ3v) is 4.01. The van der Waals surface area contributed by atoms with Crippen molar-refractivity contribution in [3.05, 3.63) is 58.1 Å². The van der Waals surface area contributed by atoms with Crippen LogP contribution in [0.5, 0.6) is 11.5 Å². The lowest BCUT2D eigenvalue weighted by atomic mass is 10.0. The lowest BCUT2D eigenvalue weighted by molar-refractivity contribution is 0.468. The zero-order valence-corrected chi connectivity index (χ0v) is 12.8. The zero-order valence-electron chi connectivity index (χ0n) is 11.2. The lowest BCUT2D eigenvalue weighted by Crippen LogP contribution is -2.09. The second-order valence-corrected chi connectivity index (χ2v) is 5.42. The van der Waals surface area contributed by atoms with Crippen LogP contribution < -0.4 is 10.5 Å². The average Bonchev–Trinajstić information content (AvgIpc) is 2.43. The molecule has 0 aliphatic heterocycles. The Morgan fingerprint density at radius 3 is 2.63 bits per heavy atom. The fourth-order valence-corrected chi connectivity index (χ4v) is 2.15. The van der Waals surface area contributed by atoms with E-state index in [1.54, 1.807) is 0 Å². The summed E-state index contributed by atoms with van der Waals surface area (Å²) in [6.07, 6.45) is 0.889. The Labute approximate surface area is 122 Å². The Bertz CT molecular complexity index is 568. The number of aryl methyl sites for hydroxylation is 1. The fourth-order valence-electron chi connectivity index (χ4n) is 1.91. The van der Waals surface area contributed by atoms with Crippen LogP contribution in [0, 0.1) is 6.92 Å². The van der Waals surface area contributed by atoms with Gasteiger partial charge in [-0.1, -0.05) is 41.1 Å². The van der Waals surface area contributed by atoms with Crippen molar-refractivity contribution in [2.24, 2.45) is 5.73 Å². The van der Waals surface area contributed by atoms with Gasteiger partial charge in [0, 0.05) is 16.1 Å². The van der Waals surface area contributed by atoms with Gasteiger partial charge in [0.25, 0.3) is 0 Å². The Balaban J connectivity index is 2.30. The highest BCUT2D eigenvalue weighted by molar-refractivity contribution is 9.10. The van der Waals surface area contributed by atoms with Crippen LogP contribution in [0.3, 0.4) is 0 Å². The summed E-state index contributed by atoms with van der Waals surface area (Å²) in [5.74, 6) is 1.66. The Morgan fingerprint density at radius 2 is 1.95 bits per heavy atom. The Kier molecular flexibility index (Phi) is 4.61. The minimum Gasteiger partial charge on any atom is -0.457 e. The van der Waals surface area contributed by atoms with E-state index >= 15 is 0 Å². The topological polar surface area (TPSA) is 35.2 Å². The number of rotatable bonds is 4. The van der Waals surface area contributed by atoms with Crippen molar-refractivity contribution >= 4 is 15.9 Å². The van der Waals surface area contributed by atoms with Crippen molar-refractivity contribution in [1.29, 1.82) is 0 Å². The molecule has 2 N–H and O–H groups in total. The van der Waals surface area contributed by atoms with Crippen LogP contribution in [0.25, 0.3) is 0 Å². The maximum atomic E-state index is 6.12. The van der Waals surface area contributed by atoms with Crippen molar-refractivity contribution in [1.82, 2.24) is 0 Å². The minimum absolute atomic E-state index is 0.00717. The van der Waals surface area contributed by atoms with Gasteiger partial charge < -0.3 is 10.5 Å². The van der Waals surface area contributed by atoms with Gasteiger partial charge in [-0.2, -0.15) is 0 Å². The molecule has 2 nitrogen and oxygen atoms in total. The third-order valence-electron chi connectivity index (χ3n) is 3.12. The number of benzene rings is 2. The number of hydrogen-bond donors (Lipinski definition) is 1. The molecule has 0 saturated heterocycles. The molecule has 0 saturated carbocycles. The van der Waals surface area contributed by atoms with Crippen LogP contribution in [0.2, 0.25) is 0 Å². The summed E-state index contributed by atoms with van der Waals surface area (Å²) in [7, 11) is 0. The molecule has 0 aliphatic carbocycles. The molecule has 2 aromatic rings. The van der Waals surface area contributed by atoms with Gasteiger partial charge in [-0.15, -0.1) is 0 Å². The van der Waals surface area contributed by atoms with Gasteiger partial charge in [0.2, 0.25) is 0 Å². The lowest BCUT2D eigenvalue weighted by Gasteiger charge is -2.15. The molecule has 0 bridgehead atoms. The zero-order chi connectivity index (χ0) is 13.8. The van der Waals surface area contributed by atoms with Crippen molar-refractivity contribution in [2.45, 2.75) is 26.3 Å². The highest BCUT2D eigenvalue weighted by Crippen LogP contribution is 2.31. The van der Waals surface area contributed by atoms with Crippen molar-refractivity contribution in [3.8, 4) is 11.5 Å². The molecule has 1 atom stereocenters. The van der Waals surface area contributed by atoms with E-state index in [0.29, 0.717) is 0 Å². The molecule has 0 heterocycles. The molecule has 3 heteroatoms. The molecule has 0 amide bonds. The van der Waals surface area contributed by atoms with E-state index in [2.05, 4.69) is 22.9 Å². The quantitative estimate of drug-likeness (QED) is 0.864. The first-order valence-electron chi connectivity index (χ1n) is 6.40. The van der Waals surface area contributed by atoms with Gasteiger partial charge >= 0.3 is 0 Å². The second-order valence-electron chi connectivity index (χ2n) is 4.57. The van der Waals surface area contributed by atoms with Gasteiger partial charge in [0.1, 0.15) is 11.5 Å². The number of nitrogens with two attached hydrogens (primary N) is 1. The molecular weight excluding hydrogens is 302 g/mol. The molecule has 1 unspecified atom stereocenters. The van der Waals surface area contributed by atoms with Crippen molar-refractivity contribution in [3.63, 3.8) is 0 Å². The molecule has 19 heavy (non-hydrogen) atoms. The normalized spacial score (nSPS) is 12.2. The molecule has 2 aromatic carbocycles. The molecule has 0 fully saturated rings. The number of ether oxygens (including phenoxy) is 1. The molecule has 100 valence electrons. The fraction of sp³-hybridized carbons (Fsp3) is 0.250. The van der Waals surface area contributed by atoms with Crippen LogP contribution in [0.1, 0.15) is 30.5 Å². The number of hydrogen-bond acceptors (Lipinski definition) is 2. The van der Waals surface area contributed by atoms with Crippen LogP contribution in [0.4, 0.5) is 0 Å². The Hall–Kier alpha value is -1.32. The average molecular weight is 320 g/mol. The molecular formula is C16H18BrNO. The molecule has 0 radical (unpaired) electrons. The predicted molar refractivity (Wildman–Crippen MR) is 82.6 cm³/mol. The van der Waals surface area contributed by atoms with Crippen molar-refractivity contribution in [2.75, 3.05) is 0 Å². The second kappa shape index (κ2) is 6.22. The van der Waals surface area contributed by atoms with Crippen LogP contribution in [0.15, 0.2) is 46.9 Å². The summed E-state index contributed by atoms with van der Waals surface area (Å²) < 4.78 is 7.05. The highest BCUT2D eigenvalue weighted by Gasteiger charge is 2.10. The molecule has 2 rings (SSSR count). The van der Waals surface area contributed by atoms with Gasteiger partial charge in [0.05, 0.1) is 0 Å². The van der Waals surface area contributed by atoms with E-state index in [0.717, 1.165) is 33.5 Å². The van der Waals surface area contributed by atoms with E-state index in [-0.39, 0.29) is 6.04 Å². The van der Waals surface area contributed by atoms with Gasteiger partial charge in [-0.3, -0.25) is 0 Å². The summed E-state index contributed by atoms with van der Waals surface area (Å²) in [4.78, 5) is 0. The number of halogens is 1. The molecule has 0 aromatic heterocycles. The first-order chi connectivity index (χ1) is 9.11. The standard InChI is InChI=1S/C16H18BrNO/c1-3-15(18)13-6-4-5-7-16(13)19-12-8-9-14(17)11(2)10-12/h4-10,15H,3,18H2,1-2H3. The summed E-state index contributed by atoms with van der Waals surface area (Å²) >= 11 is 3.49. The third kappa shape index (κ3) is 3.37. The van der Waals surface area contributed by atoms with E-state index < -0.39 is 0 Å². The van der Waals surface area contributed by atoms with Gasteiger partial charge in [-0.25, -0.2) is 0 Å². The van der Waals surface area contributed by atoms with Crippen LogP contribution in [-0.4, -0.2) is 0 Å². The molecule has 0 aliphatic rings. The SMILES string of the molecule is CCC(N)c1ccccc1Oc1ccc(Br)c(C)c1. The predicted octanol–water partition coefficient (Wildman–Crippen LogP) is 4.96. The highest BCUT2D eigenvalue weighted by atomic mass is 79.9. The van der Waals surface area contributed by atoms with Crippen LogP contribution >= 0.6 is 15.9 Å². The van der Waals surface area contributed by atoms with Crippen LogP contribution in [-0.2, 0) is 0 Å². The van der Waals surface area contributed by atoms with E-state index in [1.807, 2.05) is 49.4 Å². The van der Waals surface area contributed by atoms with E-state index in [1.165, 1.54) is 0 Å². The summed E-state index contributed by atoms with van der Waals surface area (Å²) in [5.41, 5.74) is 8.31. The monoisotopic (exact) mass is 319 g/mol. The van der Waals surface area contributed by atoms with E-state index in [9.17, 15) is 0 Å². The first kappa shape index (κ1) is 14.1. The minimum atomic E-state index is 0.00717. The Morgan fingerprint density at radius 1 is 1.21 bits per heavy atom. The van der Waals surface area contributed by atoms with E-state index in [4.69, 9.17) is 10.5 Å². The maximum Gasteiger partial charge on any atom is 0.132 e. The van der Waals surface area contributed by atoms with Gasteiger partial charge in [-0.05, 0) is 43.2 Å². The van der Waals surface area contributed by atoms with Gasteiger partial charge in [0.15, 0.2) is 0 Å². The maximum absolute atomic E-state index is 6.12. The summed E-state index contributed by atoms with van der Waals surface area (Å²) in [6, 6.07) is 13.9.